The highest BCUT2D eigenvalue weighted by molar-refractivity contribution is 8.00. The van der Waals surface area contributed by atoms with Crippen molar-refractivity contribution in [2.24, 2.45) is 28.6 Å². The summed E-state index contributed by atoms with van der Waals surface area (Å²) in [6.07, 6.45) is 12.9. The second-order valence-electron chi connectivity index (χ2n) is 14.5. The predicted molar refractivity (Wildman–Crippen MR) is 188 cm³/mol. The first-order chi connectivity index (χ1) is 22.5. The molecular weight excluding hydrogens is 608 g/mol. The summed E-state index contributed by atoms with van der Waals surface area (Å²) in [5.74, 6) is 0.831. The lowest BCUT2D eigenvalue weighted by atomic mass is 9.45. The molecule has 1 heterocycles. The van der Waals surface area contributed by atoms with E-state index in [1.54, 1.807) is 36.6 Å². The number of aliphatic hydroxyl groups excluding tert-OH is 1. The van der Waals surface area contributed by atoms with Gasteiger partial charge in [-0.05, 0) is 115 Å². The summed E-state index contributed by atoms with van der Waals surface area (Å²) < 4.78 is 21.9. The van der Waals surface area contributed by atoms with E-state index in [1.807, 2.05) is 18.3 Å². The van der Waals surface area contributed by atoms with E-state index in [9.17, 15) is 14.3 Å². The number of allylic oxidation sites excluding steroid dienone is 6. The van der Waals surface area contributed by atoms with Gasteiger partial charge >= 0.3 is 0 Å². The highest BCUT2D eigenvalue weighted by Gasteiger charge is 2.69. The predicted octanol–water partition coefficient (Wildman–Crippen LogP) is 8.84. The Balaban J connectivity index is 1.13. The van der Waals surface area contributed by atoms with Crippen molar-refractivity contribution in [2.75, 3.05) is 12.9 Å². The standard InChI is InChI=1S/C40H45FN2O3S/c1-6-30(41)14-11-25(2)43-34-20-29-13-16-32-33-17-18-40(46-5,36(45)24-47-31-15-12-26-9-7-8-10-27(26)19-31)39(33,4)22-35(44)37(32)38(29,3)21-28(34)23-42-43/h6-12,14-15,19-20,23,32-33,35,37,44H,2,13,16-18,21-22,24H2,1,3-5H3. The molecule has 0 radical (unpaired) electrons. The quantitative estimate of drug-likeness (QED) is 0.195. The third-order valence-electron chi connectivity index (χ3n) is 12.4. The molecule has 246 valence electrons. The maximum atomic E-state index is 14.3. The van der Waals surface area contributed by atoms with E-state index in [0.717, 1.165) is 41.8 Å². The van der Waals surface area contributed by atoms with Crippen LogP contribution in [0.25, 0.3) is 22.5 Å². The molecule has 7 heteroatoms. The number of aromatic nitrogens is 2. The number of thioether (sulfide) groups is 1. The summed E-state index contributed by atoms with van der Waals surface area (Å²) in [6.45, 7) is 10.3. The van der Waals surface area contributed by atoms with Gasteiger partial charge in [-0.15, -0.1) is 11.8 Å². The lowest BCUT2D eigenvalue weighted by Crippen LogP contribution is -2.62. The van der Waals surface area contributed by atoms with Crippen molar-refractivity contribution in [3.05, 3.63) is 96.1 Å². The zero-order valence-corrected chi connectivity index (χ0v) is 28.7. The normalized spacial score (nSPS) is 33.2. The Morgan fingerprint density at radius 2 is 1.98 bits per heavy atom. The first kappa shape index (κ1) is 32.3. The molecule has 7 atom stereocenters. The highest BCUT2D eigenvalue weighted by atomic mass is 32.2. The molecule has 0 saturated heterocycles. The number of ketones is 1. The monoisotopic (exact) mass is 652 g/mol. The molecular formula is C40H45FN2O3S. The Bertz CT molecular complexity index is 1840. The Kier molecular flexibility index (Phi) is 8.25. The van der Waals surface area contributed by atoms with Crippen molar-refractivity contribution in [1.29, 1.82) is 0 Å². The average Bonchev–Trinajstić information content (AvgIpc) is 3.61. The lowest BCUT2D eigenvalue weighted by molar-refractivity contribution is -0.185. The van der Waals surface area contributed by atoms with Gasteiger partial charge in [-0.2, -0.15) is 5.10 Å². The number of hydrogen-bond acceptors (Lipinski definition) is 5. The van der Waals surface area contributed by atoms with Gasteiger partial charge in [-0.1, -0.05) is 62.4 Å². The first-order valence-corrected chi connectivity index (χ1v) is 17.9. The van der Waals surface area contributed by atoms with Crippen LogP contribution in [-0.2, 0) is 16.0 Å². The van der Waals surface area contributed by atoms with Crippen LogP contribution in [0.1, 0.15) is 64.1 Å². The number of ether oxygens (including phenoxy) is 1. The Morgan fingerprint density at radius 1 is 1.19 bits per heavy atom. The van der Waals surface area contributed by atoms with Crippen LogP contribution < -0.4 is 0 Å². The second kappa shape index (κ2) is 12.0. The van der Waals surface area contributed by atoms with Crippen molar-refractivity contribution in [3.8, 4) is 0 Å². The molecule has 4 aliphatic rings. The largest absolute Gasteiger partial charge is 0.393 e. The maximum absolute atomic E-state index is 14.3. The van der Waals surface area contributed by atoms with E-state index >= 15 is 0 Å². The molecule has 3 aromatic rings. The van der Waals surface area contributed by atoms with Gasteiger partial charge in [0.15, 0.2) is 5.78 Å². The second-order valence-corrected chi connectivity index (χ2v) is 15.6. The summed E-state index contributed by atoms with van der Waals surface area (Å²) in [4.78, 5) is 15.3. The van der Waals surface area contributed by atoms with Gasteiger partial charge in [0.05, 0.1) is 29.4 Å². The van der Waals surface area contributed by atoms with Crippen molar-refractivity contribution in [3.63, 3.8) is 0 Å². The highest BCUT2D eigenvalue weighted by Crippen LogP contribution is 2.68. The van der Waals surface area contributed by atoms with Crippen LogP contribution in [-0.4, -0.2) is 45.2 Å². The molecule has 7 rings (SSSR count). The minimum atomic E-state index is -0.911. The number of carbonyl (C=O) groups excluding carboxylic acids is 1. The Hall–Kier alpha value is -3.26. The third kappa shape index (κ3) is 5.03. The van der Waals surface area contributed by atoms with Crippen molar-refractivity contribution in [2.45, 2.75) is 75.9 Å². The molecule has 5 nitrogen and oxygen atoms in total. The van der Waals surface area contributed by atoms with E-state index in [0.29, 0.717) is 36.1 Å². The molecule has 1 aromatic heterocycles. The van der Waals surface area contributed by atoms with Crippen LogP contribution in [0.3, 0.4) is 0 Å². The van der Waals surface area contributed by atoms with Gasteiger partial charge in [-0.25, -0.2) is 9.07 Å². The number of aliphatic hydroxyl groups is 1. The number of fused-ring (bicyclic) bond motifs is 7. The molecule has 0 amide bonds. The van der Waals surface area contributed by atoms with Crippen LogP contribution in [0.15, 0.2) is 89.8 Å². The van der Waals surface area contributed by atoms with E-state index in [2.05, 4.69) is 61.9 Å². The zero-order valence-electron chi connectivity index (χ0n) is 27.8. The summed E-state index contributed by atoms with van der Waals surface area (Å²) in [7, 11) is 1.70. The number of rotatable bonds is 8. The fourth-order valence-electron chi connectivity index (χ4n) is 10.2. The number of Topliss-reactive ketones (excluding diaryl/α,β-unsaturated/α-hetero) is 1. The number of hydrogen-bond donors (Lipinski definition) is 1. The SMILES string of the molecule is C=C(C=CC(F)=CC)n1ncc2c1C=C1CCC3C(C(O)CC4(C)C3CCC4(OC)C(=O)CSc3ccc4ccccc4c3)C1(C)C2. The topological polar surface area (TPSA) is 64.3 Å². The smallest absolute Gasteiger partial charge is 0.175 e. The van der Waals surface area contributed by atoms with Crippen LogP contribution in [0.2, 0.25) is 0 Å². The van der Waals surface area contributed by atoms with Crippen LogP contribution >= 0.6 is 11.8 Å². The summed E-state index contributed by atoms with van der Waals surface area (Å²) in [5, 5.41) is 19.1. The van der Waals surface area contributed by atoms with Gasteiger partial charge in [0.1, 0.15) is 11.4 Å². The molecule has 4 aliphatic carbocycles. The Labute approximate surface area is 281 Å². The number of benzene rings is 2. The van der Waals surface area contributed by atoms with E-state index in [1.165, 1.54) is 28.5 Å². The van der Waals surface area contributed by atoms with Gasteiger partial charge in [-0.3, -0.25) is 4.79 Å². The molecule has 0 bridgehead atoms. The van der Waals surface area contributed by atoms with Gasteiger partial charge in [0, 0.05) is 17.4 Å². The van der Waals surface area contributed by atoms with Gasteiger partial charge in [0.25, 0.3) is 0 Å². The van der Waals surface area contributed by atoms with Gasteiger partial charge in [0.2, 0.25) is 0 Å². The average molecular weight is 653 g/mol. The molecule has 7 unspecified atom stereocenters. The molecule has 1 N–H and O–H groups in total. The molecule has 47 heavy (non-hydrogen) atoms. The van der Waals surface area contributed by atoms with E-state index < -0.39 is 17.1 Å². The molecule has 0 aliphatic heterocycles. The van der Waals surface area contributed by atoms with Crippen LogP contribution in [0, 0.1) is 28.6 Å². The number of halogens is 1. The molecule has 3 saturated carbocycles. The summed E-state index contributed by atoms with van der Waals surface area (Å²) >= 11 is 1.58. The van der Waals surface area contributed by atoms with E-state index in [-0.39, 0.29) is 22.9 Å². The fraction of sp³-hybridized carbons (Fsp3) is 0.450. The first-order valence-electron chi connectivity index (χ1n) is 16.9. The maximum Gasteiger partial charge on any atom is 0.175 e. The summed E-state index contributed by atoms with van der Waals surface area (Å²) in [6, 6.07) is 14.7. The third-order valence-corrected chi connectivity index (χ3v) is 13.4. The minimum absolute atomic E-state index is 0.0821. The van der Waals surface area contributed by atoms with Gasteiger partial charge < -0.3 is 9.84 Å². The number of nitrogens with zero attached hydrogens (tertiary/aromatic N) is 2. The zero-order chi connectivity index (χ0) is 33.1. The molecule has 3 fully saturated rings. The van der Waals surface area contributed by atoms with Crippen LogP contribution in [0.5, 0.6) is 0 Å². The van der Waals surface area contributed by atoms with Crippen molar-refractivity contribution < 1.29 is 19.0 Å². The molecule has 0 spiro atoms. The number of carbonyl (C=O) groups is 1. The van der Waals surface area contributed by atoms with Crippen molar-refractivity contribution in [1.82, 2.24) is 9.78 Å². The van der Waals surface area contributed by atoms with E-state index in [4.69, 9.17) is 4.74 Å². The Morgan fingerprint density at radius 3 is 2.74 bits per heavy atom. The lowest BCUT2D eigenvalue weighted by Gasteiger charge is -2.61. The minimum Gasteiger partial charge on any atom is -0.393 e. The number of methoxy groups -OCH3 is 1. The molecule has 2 aromatic carbocycles. The van der Waals surface area contributed by atoms with Crippen LogP contribution in [0.4, 0.5) is 4.39 Å². The fourth-order valence-corrected chi connectivity index (χ4v) is 11.1. The summed E-state index contributed by atoms with van der Waals surface area (Å²) in [5.41, 5.74) is 2.49. The van der Waals surface area contributed by atoms with Crippen molar-refractivity contribution >= 4 is 40.1 Å².